The summed E-state index contributed by atoms with van der Waals surface area (Å²) >= 11 is 0. The number of hydrogen-bond acceptors (Lipinski definition) is 3. The van der Waals surface area contributed by atoms with E-state index in [1.807, 2.05) is 6.07 Å². The van der Waals surface area contributed by atoms with Gasteiger partial charge in [0.2, 0.25) is 0 Å². The molecule has 6 heteroatoms. The van der Waals surface area contributed by atoms with Gasteiger partial charge in [0, 0.05) is 12.6 Å². The second kappa shape index (κ2) is 8.41. The maximum Gasteiger partial charge on any atom is 0.573 e. The number of benzene rings is 1. The molecule has 0 N–H and O–H groups in total. The Morgan fingerprint density at radius 3 is 2.36 bits per heavy atom. The van der Waals surface area contributed by atoms with Gasteiger partial charge in [-0.05, 0) is 69.6 Å². The molecule has 1 aromatic carbocycles. The van der Waals surface area contributed by atoms with Crippen molar-refractivity contribution in [1.29, 1.82) is 0 Å². The smallest absolute Gasteiger partial charge is 0.406 e. The van der Waals surface area contributed by atoms with E-state index >= 15 is 0 Å². The first-order valence-electron chi connectivity index (χ1n) is 8.90. The minimum absolute atomic E-state index is 0.137. The van der Waals surface area contributed by atoms with Crippen molar-refractivity contribution in [2.24, 2.45) is 5.92 Å². The maximum atomic E-state index is 12.5. The van der Waals surface area contributed by atoms with Gasteiger partial charge in [0.25, 0.3) is 0 Å². The Kier molecular flexibility index (Phi) is 6.74. The Labute approximate surface area is 148 Å². The zero-order valence-electron chi connectivity index (χ0n) is 15.5. The highest BCUT2D eigenvalue weighted by Gasteiger charge is 2.31. The van der Waals surface area contributed by atoms with Crippen molar-refractivity contribution in [3.63, 3.8) is 0 Å². The molecule has 1 atom stereocenters. The molecule has 0 amide bonds. The number of ether oxygens (including phenoxy) is 1. The van der Waals surface area contributed by atoms with Crippen molar-refractivity contribution in [3.8, 4) is 5.75 Å². The zero-order chi connectivity index (χ0) is 18.6. The predicted octanol–water partition coefficient (Wildman–Crippen LogP) is 4.35. The zero-order valence-corrected chi connectivity index (χ0v) is 15.5. The molecule has 1 saturated heterocycles. The summed E-state index contributed by atoms with van der Waals surface area (Å²) in [6, 6.07) is 7.06. The van der Waals surface area contributed by atoms with E-state index in [0.717, 1.165) is 38.0 Å². The second-order valence-corrected chi connectivity index (χ2v) is 7.47. The van der Waals surface area contributed by atoms with E-state index in [1.165, 1.54) is 12.1 Å². The van der Waals surface area contributed by atoms with Gasteiger partial charge < -0.3 is 14.5 Å². The lowest BCUT2D eigenvalue weighted by molar-refractivity contribution is -0.274. The first-order chi connectivity index (χ1) is 11.7. The summed E-state index contributed by atoms with van der Waals surface area (Å²) in [7, 11) is 4.23. The summed E-state index contributed by atoms with van der Waals surface area (Å²) < 4.78 is 41.5. The van der Waals surface area contributed by atoms with E-state index in [4.69, 9.17) is 0 Å². The quantitative estimate of drug-likeness (QED) is 0.752. The van der Waals surface area contributed by atoms with Crippen LogP contribution in [0.15, 0.2) is 24.3 Å². The minimum Gasteiger partial charge on any atom is -0.406 e. The summed E-state index contributed by atoms with van der Waals surface area (Å²) in [6.07, 6.45) is -2.38. The van der Waals surface area contributed by atoms with E-state index in [9.17, 15) is 13.2 Å². The lowest BCUT2D eigenvalue weighted by Crippen LogP contribution is -2.43. The van der Waals surface area contributed by atoms with Crippen LogP contribution in [-0.2, 0) is 0 Å². The van der Waals surface area contributed by atoms with Gasteiger partial charge >= 0.3 is 6.36 Å². The molecule has 0 bridgehead atoms. The van der Waals surface area contributed by atoms with Gasteiger partial charge in [-0.3, -0.25) is 0 Å². The Morgan fingerprint density at radius 2 is 1.84 bits per heavy atom. The molecule has 0 aromatic heterocycles. The van der Waals surface area contributed by atoms with Gasteiger partial charge in [0.15, 0.2) is 0 Å². The third kappa shape index (κ3) is 6.19. The number of piperidine rings is 1. The molecule has 1 unspecified atom stereocenters. The average Bonchev–Trinajstić information content (AvgIpc) is 2.51. The van der Waals surface area contributed by atoms with Crippen molar-refractivity contribution in [2.75, 3.05) is 33.7 Å². The summed E-state index contributed by atoms with van der Waals surface area (Å²) in [4.78, 5) is 4.71. The van der Waals surface area contributed by atoms with Crippen molar-refractivity contribution in [2.45, 2.75) is 45.0 Å². The van der Waals surface area contributed by atoms with Gasteiger partial charge in [-0.25, -0.2) is 0 Å². The normalized spacial score (nSPS) is 18.8. The Bertz CT molecular complexity index is 538. The predicted molar refractivity (Wildman–Crippen MR) is 93.9 cm³/mol. The van der Waals surface area contributed by atoms with Gasteiger partial charge in [-0.15, -0.1) is 13.2 Å². The first-order valence-corrected chi connectivity index (χ1v) is 8.90. The summed E-state index contributed by atoms with van der Waals surface area (Å²) in [5, 5.41) is 0. The summed E-state index contributed by atoms with van der Waals surface area (Å²) in [5.74, 6) is 0.391. The lowest BCUT2D eigenvalue weighted by atomic mass is 9.87. The SMILES string of the molecule is CC(C)C(CN1CCC(N(C)C)CC1)c1cccc(OC(F)(F)F)c1. The van der Waals surface area contributed by atoms with Crippen LogP contribution in [0, 0.1) is 5.92 Å². The summed E-state index contributed by atoms with van der Waals surface area (Å²) in [5.41, 5.74) is 0.909. The number of rotatable bonds is 6. The van der Waals surface area contributed by atoms with Gasteiger partial charge in [-0.2, -0.15) is 0 Å². The van der Waals surface area contributed by atoms with E-state index in [2.05, 4.69) is 42.5 Å². The topological polar surface area (TPSA) is 15.7 Å². The van der Waals surface area contributed by atoms with Gasteiger partial charge in [-0.1, -0.05) is 26.0 Å². The van der Waals surface area contributed by atoms with Crippen LogP contribution < -0.4 is 4.74 Å². The molecular formula is C19H29F3N2O. The fourth-order valence-electron chi connectivity index (χ4n) is 3.54. The third-order valence-electron chi connectivity index (χ3n) is 5.07. The van der Waals surface area contributed by atoms with Gasteiger partial charge in [0.05, 0.1) is 0 Å². The molecule has 1 aliphatic rings. The van der Waals surface area contributed by atoms with Crippen LogP contribution >= 0.6 is 0 Å². The summed E-state index contributed by atoms with van der Waals surface area (Å²) in [6.45, 7) is 7.17. The van der Waals surface area contributed by atoms with E-state index in [-0.39, 0.29) is 11.7 Å². The molecule has 1 heterocycles. The largest absolute Gasteiger partial charge is 0.573 e. The third-order valence-corrected chi connectivity index (χ3v) is 5.07. The molecule has 0 aliphatic carbocycles. The minimum atomic E-state index is -4.65. The Hall–Kier alpha value is -1.27. The highest BCUT2D eigenvalue weighted by molar-refractivity contribution is 5.31. The molecule has 3 nitrogen and oxygen atoms in total. The molecular weight excluding hydrogens is 329 g/mol. The highest BCUT2D eigenvalue weighted by Crippen LogP contribution is 2.31. The number of halogens is 3. The van der Waals surface area contributed by atoms with Crippen LogP contribution in [0.4, 0.5) is 13.2 Å². The molecule has 1 aliphatic heterocycles. The van der Waals surface area contributed by atoms with Crippen molar-refractivity contribution < 1.29 is 17.9 Å². The highest BCUT2D eigenvalue weighted by atomic mass is 19.4. The lowest BCUT2D eigenvalue weighted by Gasteiger charge is -2.37. The molecule has 25 heavy (non-hydrogen) atoms. The molecule has 1 aromatic rings. The first kappa shape index (κ1) is 20.0. The monoisotopic (exact) mass is 358 g/mol. The Balaban J connectivity index is 2.05. The standard InChI is InChI=1S/C19H29F3N2O/c1-14(2)18(13-24-10-8-16(9-11-24)23(3)4)15-6-5-7-17(12-15)25-19(20,21)22/h5-7,12,14,16,18H,8-11,13H2,1-4H3. The van der Waals surface area contributed by atoms with Crippen LogP contribution in [0.25, 0.3) is 0 Å². The molecule has 2 rings (SSSR count). The number of alkyl halides is 3. The van der Waals surface area contributed by atoms with Crippen LogP contribution in [0.1, 0.15) is 38.2 Å². The van der Waals surface area contributed by atoms with Crippen molar-refractivity contribution in [3.05, 3.63) is 29.8 Å². The molecule has 0 radical (unpaired) electrons. The van der Waals surface area contributed by atoms with Crippen molar-refractivity contribution >= 4 is 0 Å². The number of likely N-dealkylation sites (tertiary alicyclic amines) is 1. The van der Waals surface area contributed by atoms with Crippen molar-refractivity contribution in [1.82, 2.24) is 9.80 Å². The van der Waals surface area contributed by atoms with Crippen LogP contribution in [0.5, 0.6) is 5.75 Å². The molecule has 0 spiro atoms. The van der Waals surface area contributed by atoms with E-state index < -0.39 is 6.36 Å². The fourth-order valence-corrected chi connectivity index (χ4v) is 3.54. The van der Waals surface area contributed by atoms with E-state index in [1.54, 1.807) is 6.07 Å². The molecule has 1 fully saturated rings. The van der Waals surface area contributed by atoms with Gasteiger partial charge in [0.1, 0.15) is 5.75 Å². The van der Waals surface area contributed by atoms with Crippen LogP contribution in [0.2, 0.25) is 0 Å². The van der Waals surface area contributed by atoms with Crippen LogP contribution in [0.3, 0.4) is 0 Å². The Morgan fingerprint density at radius 1 is 1.20 bits per heavy atom. The molecule has 0 saturated carbocycles. The molecule has 142 valence electrons. The van der Waals surface area contributed by atoms with E-state index in [0.29, 0.717) is 12.0 Å². The van der Waals surface area contributed by atoms with Crippen LogP contribution in [-0.4, -0.2) is 55.9 Å². The number of hydrogen-bond donors (Lipinski definition) is 0. The average molecular weight is 358 g/mol. The second-order valence-electron chi connectivity index (χ2n) is 7.47. The maximum absolute atomic E-state index is 12.5. The number of nitrogens with zero attached hydrogens (tertiary/aromatic N) is 2. The fraction of sp³-hybridized carbons (Fsp3) is 0.684.